The Balaban J connectivity index is 4.20. The van der Waals surface area contributed by atoms with Crippen LogP contribution in [0.2, 0.25) is 0 Å². The second-order valence-corrected chi connectivity index (χ2v) is 21.3. The van der Waals surface area contributed by atoms with Crippen LogP contribution in [0.15, 0.2) is 12.2 Å². The number of rotatable bonds is 58. The molecule has 1 unspecified atom stereocenters. The predicted molar refractivity (Wildman–Crippen MR) is 298 cm³/mol. The van der Waals surface area contributed by atoms with Crippen molar-refractivity contribution < 1.29 is 28.6 Å². The van der Waals surface area contributed by atoms with Gasteiger partial charge >= 0.3 is 17.9 Å². The first-order valence-electron chi connectivity index (χ1n) is 31.2. The maximum Gasteiger partial charge on any atom is 0.306 e. The molecule has 0 aliphatic carbocycles. The van der Waals surface area contributed by atoms with Gasteiger partial charge in [0.15, 0.2) is 6.10 Å². The zero-order valence-corrected chi connectivity index (χ0v) is 46.9. The molecule has 0 radical (unpaired) electrons. The van der Waals surface area contributed by atoms with Crippen LogP contribution in [0.4, 0.5) is 0 Å². The normalized spacial score (nSPS) is 12.0. The van der Waals surface area contributed by atoms with Crippen molar-refractivity contribution in [1.29, 1.82) is 0 Å². The molecule has 0 aliphatic rings. The molecule has 0 amide bonds. The van der Waals surface area contributed by atoms with Crippen molar-refractivity contribution >= 4 is 17.9 Å². The minimum atomic E-state index is -0.765. The zero-order valence-electron chi connectivity index (χ0n) is 46.9. The van der Waals surface area contributed by atoms with E-state index in [1.807, 2.05) is 0 Å². The smallest absolute Gasteiger partial charge is 0.306 e. The fraction of sp³-hybridized carbons (Fsp3) is 0.921. The van der Waals surface area contributed by atoms with Gasteiger partial charge in [-0.05, 0) is 44.9 Å². The van der Waals surface area contributed by atoms with Crippen LogP contribution >= 0.6 is 0 Å². The van der Waals surface area contributed by atoms with Crippen LogP contribution < -0.4 is 0 Å². The molecule has 1 atom stereocenters. The lowest BCUT2D eigenvalue weighted by atomic mass is 10.0. The first-order chi connectivity index (χ1) is 34.0. The predicted octanol–water partition coefficient (Wildman–Crippen LogP) is 20.9. The van der Waals surface area contributed by atoms with Gasteiger partial charge in [-0.3, -0.25) is 14.4 Å². The SMILES string of the molecule is CCCCCCCC/C=C\CCCCCCCCCCCC(=O)OC(COC(=O)CCCCCCCCCCCC)COC(=O)CCCCCCCCCCCCCCCCCCCCCCCC. The molecule has 0 rings (SSSR count). The van der Waals surface area contributed by atoms with Crippen molar-refractivity contribution in [3.05, 3.63) is 12.2 Å². The molecular weight excluding hydrogens is 853 g/mol. The van der Waals surface area contributed by atoms with E-state index in [0.29, 0.717) is 19.3 Å². The van der Waals surface area contributed by atoms with Gasteiger partial charge in [-0.1, -0.05) is 303 Å². The highest BCUT2D eigenvalue weighted by molar-refractivity contribution is 5.71. The number of allylic oxidation sites excluding steroid dienone is 2. The fourth-order valence-corrected chi connectivity index (χ4v) is 9.56. The summed E-state index contributed by atoms with van der Waals surface area (Å²) in [5, 5.41) is 0. The van der Waals surface area contributed by atoms with E-state index in [4.69, 9.17) is 14.2 Å². The van der Waals surface area contributed by atoms with Crippen LogP contribution in [-0.4, -0.2) is 37.2 Å². The van der Waals surface area contributed by atoms with Crippen molar-refractivity contribution in [2.45, 2.75) is 361 Å². The van der Waals surface area contributed by atoms with E-state index in [2.05, 4.69) is 32.9 Å². The molecule has 0 saturated carbocycles. The minimum Gasteiger partial charge on any atom is -0.462 e. The highest BCUT2D eigenvalue weighted by Crippen LogP contribution is 2.18. The third-order valence-electron chi connectivity index (χ3n) is 14.3. The average Bonchev–Trinajstić information content (AvgIpc) is 3.35. The van der Waals surface area contributed by atoms with Crippen molar-refractivity contribution in [3.8, 4) is 0 Å². The number of carbonyl (C=O) groups excluding carboxylic acids is 3. The lowest BCUT2D eigenvalue weighted by Crippen LogP contribution is -2.30. The Morgan fingerprint density at radius 1 is 0.275 bits per heavy atom. The lowest BCUT2D eigenvalue weighted by molar-refractivity contribution is -0.167. The summed E-state index contributed by atoms with van der Waals surface area (Å²) in [4.78, 5) is 38.2. The average molecular weight is 974 g/mol. The summed E-state index contributed by atoms with van der Waals surface area (Å²) in [6, 6.07) is 0. The fourth-order valence-electron chi connectivity index (χ4n) is 9.56. The number of esters is 3. The van der Waals surface area contributed by atoms with Gasteiger partial charge in [-0.15, -0.1) is 0 Å². The Morgan fingerprint density at radius 3 is 0.725 bits per heavy atom. The van der Waals surface area contributed by atoms with E-state index in [1.165, 1.54) is 257 Å². The Morgan fingerprint density at radius 2 is 0.478 bits per heavy atom. The van der Waals surface area contributed by atoms with Crippen molar-refractivity contribution in [1.82, 2.24) is 0 Å². The summed E-state index contributed by atoms with van der Waals surface area (Å²) in [5.74, 6) is -0.841. The summed E-state index contributed by atoms with van der Waals surface area (Å²) in [6.07, 6.45) is 67.9. The van der Waals surface area contributed by atoms with Crippen LogP contribution in [0.25, 0.3) is 0 Å². The van der Waals surface area contributed by atoms with Crippen LogP contribution in [-0.2, 0) is 28.6 Å². The van der Waals surface area contributed by atoms with Crippen molar-refractivity contribution in [3.63, 3.8) is 0 Å². The molecule has 0 aliphatic heterocycles. The number of hydrogen-bond acceptors (Lipinski definition) is 6. The summed E-state index contributed by atoms with van der Waals surface area (Å²) >= 11 is 0. The summed E-state index contributed by atoms with van der Waals surface area (Å²) in [5.41, 5.74) is 0. The second-order valence-electron chi connectivity index (χ2n) is 21.3. The lowest BCUT2D eigenvalue weighted by Gasteiger charge is -2.18. The van der Waals surface area contributed by atoms with E-state index >= 15 is 0 Å². The first-order valence-corrected chi connectivity index (χ1v) is 31.2. The van der Waals surface area contributed by atoms with Crippen LogP contribution in [0.5, 0.6) is 0 Å². The molecule has 0 N–H and O–H groups in total. The van der Waals surface area contributed by atoms with Gasteiger partial charge in [0.05, 0.1) is 0 Å². The van der Waals surface area contributed by atoms with E-state index in [1.54, 1.807) is 0 Å². The highest BCUT2D eigenvalue weighted by atomic mass is 16.6. The molecule has 0 bridgehead atoms. The van der Waals surface area contributed by atoms with Gasteiger partial charge in [0.25, 0.3) is 0 Å². The summed E-state index contributed by atoms with van der Waals surface area (Å²) in [6.45, 7) is 6.69. The third kappa shape index (κ3) is 56.9. The molecule has 69 heavy (non-hydrogen) atoms. The molecule has 0 aromatic carbocycles. The first kappa shape index (κ1) is 67.1. The molecule has 0 aromatic heterocycles. The Bertz CT molecular complexity index is 1070. The van der Waals surface area contributed by atoms with E-state index in [0.717, 1.165) is 57.8 Å². The molecule has 0 fully saturated rings. The van der Waals surface area contributed by atoms with Gasteiger partial charge in [-0.2, -0.15) is 0 Å². The molecule has 0 spiro atoms. The maximum atomic E-state index is 12.9. The molecular formula is C63H120O6. The molecule has 0 saturated heterocycles. The Kier molecular flexibility index (Phi) is 57.1. The van der Waals surface area contributed by atoms with Gasteiger partial charge in [0, 0.05) is 19.3 Å². The molecule has 6 heteroatoms. The standard InChI is InChI=1S/C63H120O6/c1-4-7-10-13-16-19-22-24-26-28-30-31-32-34-35-37-39-41-44-47-50-53-56-62(65)68-59-60(58-67-61(64)55-52-49-46-43-21-18-15-12-9-6-3)69-63(66)57-54-51-48-45-42-40-38-36-33-29-27-25-23-20-17-14-11-8-5-2/h25,27,60H,4-24,26,28-59H2,1-3H3/b27-25-. The zero-order chi connectivity index (χ0) is 50.0. The van der Waals surface area contributed by atoms with Gasteiger partial charge in [0.1, 0.15) is 13.2 Å². The number of unbranched alkanes of at least 4 members (excludes halogenated alkanes) is 45. The molecule has 0 aromatic rings. The number of hydrogen-bond donors (Lipinski definition) is 0. The number of carbonyl (C=O) groups is 3. The van der Waals surface area contributed by atoms with Crippen LogP contribution in [0.3, 0.4) is 0 Å². The van der Waals surface area contributed by atoms with Crippen LogP contribution in [0, 0.1) is 0 Å². The Labute approximate surface area is 431 Å². The molecule has 408 valence electrons. The van der Waals surface area contributed by atoms with Gasteiger partial charge < -0.3 is 14.2 Å². The summed E-state index contributed by atoms with van der Waals surface area (Å²) in [7, 11) is 0. The molecule has 6 nitrogen and oxygen atoms in total. The maximum absolute atomic E-state index is 12.9. The van der Waals surface area contributed by atoms with E-state index in [9.17, 15) is 14.4 Å². The van der Waals surface area contributed by atoms with Crippen molar-refractivity contribution in [2.24, 2.45) is 0 Å². The minimum absolute atomic E-state index is 0.0646. The topological polar surface area (TPSA) is 78.9 Å². The summed E-state index contributed by atoms with van der Waals surface area (Å²) < 4.78 is 16.9. The third-order valence-corrected chi connectivity index (χ3v) is 14.3. The highest BCUT2D eigenvalue weighted by Gasteiger charge is 2.19. The van der Waals surface area contributed by atoms with E-state index in [-0.39, 0.29) is 31.1 Å². The monoisotopic (exact) mass is 973 g/mol. The number of ether oxygens (including phenoxy) is 3. The molecule has 0 heterocycles. The van der Waals surface area contributed by atoms with Gasteiger partial charge in [0.2, 0.25) is 0 Å². The van der Waals surface area contributed by atoms with Gasteiger partial charge in [-0.25, -0.2) is 0 Å². The van der Waals surface area contributed by atoms with E-state index < -0.39 is 6.10 Å². The Hall–Kier alpha value is -1.85. The quantitative estimate of drug-likeness (QED) is 0.0261. The van der Waals surface area contributed by atoms with Crippen molar-refractivity contribution in [2.75, 3.05) is 13.2 Å². The second kappa shape index (κ2) is 58.7. The largest absolute Gasteiger partial charge is 0.462 e. The van der Waals surface area contributed by atoms with Crippen LogP contribution in [0.1, 0.15) is 355 Å².